The molecule has 3 aromatic rings. The average molecular weight is 476 g/mol. The molecule has 1 saturated heterocycles. The Morgan fingerprint density at radius 3 is 2.47 bits per heavy atom. The summed E-state index contributed by atoms with van der Waals surface area (Å²) in [6, 6.07) is 24.4. The number of hydrogen-bond acceptors (Lipinski definition) is 4. The summed E-state index contributed by atoms with van der Waals surface area (Å²) in [4.78, 5) is 27.3. The van der Waals surface area contributed by atoms with Crippen molar-refractivity contribution < 1.29 is 19.1 Å². The fourth-order valence-corrected chi connectivity index (χ4v) is 4.04. The lowest BCUT2D eigenvalue weighted by atomic mass is 10.0. The Balaban J connectivity index is 1.50. The fraction of sp³-hybridized carbons (Fsp3) is 0.214. The highest BCUT2D eigenvalue weighted by molar-refractivity contribution is 6.31. The number of hydrogen-bond donors (Lipinski definition) is 0. The highest BCUT2D eigenvalue weighted by Gasteiger charge is 2.27. The Kier molecular flexibility index (Phi) is 7.78. The molecule has 34 heavy (non-hydrogen) atoms. The lowest BCUT2D eigenvalue weighted by Gasteiger charge is -2.33. The standard InChI is InChI=1S/C28H26ClNO4/c1-20(31)25-17-23(29)12-13-27(25)34-19-24-18-30(14-15-33-24)28(32)26(22-10-6-3-7-11-22)16-21-8-4-2-5-9-21/h2-13,16-17,24H,14-15,18-19H2,1H3/b26-16+. The zero-order chi connectivity index (χ0) is 23.9. The third-order valence-electron chi connectivity index (χ3n) is 5.60. The summed E-state index contributed by atoms with van der Waals surface area (Å²) in [7, 11) is 0. The molecule has 1 fully saturated rings. The second-order valence-corrected chi connectivity index (χ2v) is 8.52. The van der Waals surface area contributed by atoms with Gasteiger partial charge in [-0.2, -0.15) is 0 Å². The molecule has 0 aliphatic carbocycles. The summed E-state index contributed by atoms with van der Waals surface area (Å²) in [5.74, 6) is 0.273. The molecule has 174 valence electrons. The van der Waals surface area contributed by atoms with Crippen LogP contribution in [0.4, 0.5) is 0 Å². The summed E-state index contributed by atoms with van der Waals surface area (Å²) in [6.45, 7) is 2.98. The van der Waals surface area contributed by atoms with Crippen molar-refractivity contribution in [3.63, 3.8) is 0 Å². The predicted octanol–water partition coefficient (Wildman–Crippen LogP) is 5.39. The van der Waals surface area contributed by atoms with Crippen LogP contribution in [0, 0.1) is 0 Å². The molecule has 0 N–H and O–H groups in total. The Morgan fingerprint density at radius 1 is 1.06 bits per heavy atom. The SMILES string of the molecule is CC(=O)c1cc(Cl)ccc1OCC1CN(C(=O)/C(=C/c2ccccc2)c2ccccc2)CCO1. The first kappa shape index (κ1) is 23.7. The van der Waals surface area contributed by atoms with Crippen LogP contribution in [0.25, 0.3) is 11.6 Å². The van der Waals surface area contributed by atoms with Crippen LogP contribution in [0.5, 0.6) is 5.75 Å². The zero-order valence-electron chi connectivity index (χ0n) is 18.9. The van der Waals surface area contributed by atoms with Crippen LogP contribution in [0.2, 0.25) is 5.02 Å². The van der Waals surface area contributed by atoms with Crippen molar-refractivity contribution >= 4 is 34.9 Å². The summed E-state index contributed by atoms with van der Waals surface area (Å²) < 4.78 is 11.8. The second-order valence-electron chi connectivity index (χ2n) is 8.09. The maximum Gasteiger partial charge on any atom is 0.254 e. The van der Waals surface area contributed by atoms with Gasteiger partial charge in [0.1, 0.15) is 18.5 Å². The van der Waals surface area contributed by atoms with E-state index in [2.05, 4.69) is 0 Å². The van der Waals surface area contributed by atoms with Crippen LogP contribution in [0.3, 0.4) is 0 Å². The van der Waals surface area contributed by atoms with E-state index in [1.165, 1.54) is 6.92 Å². The molecule has 5 nitrogen and oxygen atoms in total. The molecule has 0 aromatic heterocycles. The molecular formula is C28H26ClNO4. The van der Waals surface area contributed by atoms with E-state index >= 15 is 0 Å². The molecule has 1 heterocycles. The van der Waals surface area contributed by atoms with Gasteiger partial charge in [0.25, 0.3) is 5.91 Å². The maximum atomic E-state index is 13.6. The molecule has 0 radical (unpaired) electrons. The van der Waals surface area contributed by atoms with E-state index in [1.54, 1.807) is 23.1 Å². The lowest BCUT2D eigenvalue weighted by Crippen LogP contribution is -2.47. The third-order valence-corrected chi connectivity index (χ3v) is 5.83. The summed E-state index contributed by atoms with van der Waals surface area (Å²) in [6.07, 6.45) is 1.60. The van der Waals surface area contributed by atoms with Crippen molar-refractivity contribution in [2.75, 3.05) is 26.3 Å². The molecule has 0 spiro atoms. The molecule has 0 saturated carbocycles. The summed E-state index contributed by atoms with van der Waals surface area (Å²) in [5.41, 5.74) is 2.88. The highest BCUT2D eigenvalue weighted by atomic mass is 35.5. The largest absolute Gasteiger partial charge is 0.490 e. The van der Waals surface area contributed by atoms with E-state index in [1.807, 2.05) is 66.7 Å². The first-order chi connectivity index (χ1) is 16.5. The number of Topliss-reactive ketones (excluding diaryl/α,β-unsaturated/α-hetero) is 1. The maximum absolute atomic E-state index is 13.6. The van der Waals surface area contributed by atoms with Crippen molar-refractivity contribution in [1.82, 2.24) is 4.90 Å². The summed E-state index contributed by atoms with van der Waals surface area (Å²) >= 11 is 6.02. The lowest BCUT2D eigenvalue weighted by molar-refractivity contribution is -0.133. The smallest absolute Gasteiger partial charge is 0.254 e. The second kappa shape index (κ2) is 11.1. The van der Waals surface area contributed by atoms with Crippen LogP contribution in [-0.4, -0.2) is 49.0 Å². The number of carbonyl (C=O) groups excluding carboxylic acids is 2. The van der Waals surface area contributed by atoms with Gasteiger partial charge >= 0.3 is 0 Å². The van der Waals surface area contributed by atoms with Gasteiger partial charge in [0.15, 0.2) is 5.78 Å². The van der Waals surface area contributed by atoms with Crippen LogP contribution in [-0.2, 0) is 9.53 Å². The average Bonchev–Trinajstić information content (AvgIpc) is 2.87. The van der Waals surface area contributed by atoms with Crippen LogP contribution < -0.4 is 4.74 Å². The Morgan fingerprint density at radius 2 is 1.76 bits per heavy atom. The molecule has 3 aromatic carbocycles. The molecule has 4 rings (SSSR count). The molecule has 1 amide bonds. The molecule has 1 aliphatic heterocycles. The third kappa shape index (κ3) is 5.93. The zero-order valence-corrected chi connectivity index (χ0v) is 19.7. The number of amides is 1. The van der Waals surface area contributed by atoms with Gasteiger partial charge in [-0.05, 0) is 42.3 Å². The monoisotopic (exact) mass is 475 g/mol. The van der Waals surface area contributed by atoms with Gasteiger partial charge in [-0.25, -0.2) is 0 Å². The molecule has 1 unspecified atom stereocenters. The Labute approximate surface area is 204 Å². The summed E-state index contributed by atoms with van der Waals surface area (Å²) in [5, 5.41) is 0.474. The number of nitrogens with zero attached hydrogens (tertiary/aromatic N) is 1. The van der Waals surface area contributed by atoms with Crippen LogP contribution in [0.15, 0.2) is 78.9 Å². The number of ether oxygens (including phenoxy) is 2. The van der Waals surface area contributed by atoms with E-state index in [9.17, 15) is 9.59 Å². The molecular weight excluding hydrogens is 450 g/mol. The highest BCUT2D eigenvalue weighted by Crippen LogP contribution is 2.25. The van der Waals surface area contributed by atoms with Crippen molar-refractivity contribution in [3.05, 3.63) is 101 Å². The number of rotatable bonds is 7. The first-order valence-electron chi connectivity index (χ1n) is 11.2. The minimum atomic E-state index is -0.318. The first-order valence-corrected chi connectivity index (χ1v) is 11.6. The normalized spacial score (nSPS) is 16.2. The minimum absolute atomic E-state index is 0.0562. The minimum Gasteiger partial charge on any atom is -0.490 e. The van der Waals surface area contributed by atoms with E-state index in [0.717, 1.165) is 11.1 Å². The van der Waals surface area contributed by atoms with E-state index < -0.39 is 0 Å². The van der Waals surface area contributed by atoms with Gasteiger partial charge in [-0.1, -0.05) is 72.3 Å². The van der Waals surface area contributed by atoms with Gasteiger partial charge in [0.05, 0.1) is 18.7 Å². The number of benzene rings is 3. The van der Waals surface area contributed by atoms with E-state index in [4.69, 9.17) is 21.1 Å². The number of ketones is 1. The van der Waals surface area contributed by atoms with Crippen LogP contribution >= 0.6 is 11.6 Å². The number of morpholine rings is 1. The van der Waals surface area contributed by atoms with Crippen molar-refractivity contribution in [2.24, 2.45) is 0 Å². The van der Waals surface area contributed by atoms with E-state index in [0.29, 0.717) is 41.6 Å². The van der Waals surface area contributed by atoms with Gasteiger partial charge in [-0.15, -0.1) is 0 Å². The van der Waals surface area contributed by atoms with Crippen LogP contribution in [0.1, 0.15) is 28.4 Å². The fourth-order valence-electron chi connectivity index (χ4n) is 3.86. The van der Waals surface area contributed by atoms with Crippen molar-refractivity contribution in [3.8, 4) is 5.75 Å². The van der Waals surface area contributed by atoms with Gasteiger partial charge in [0, 0.05) is 17.1 Å². The quantitative estimate of drug-likeness (QED) is 0.261. The Bertz CT molecular complexity index is 1180. The van der Waals surface area contributed by atoms with Gasteiger partial charge < -0.3 is 14.4 Å². The molecule has 6 heteroatoms. The van der Waals surface area contributed by atoms with E-state index in [-0.39, 0.29) is 24.4 Å². The predicted molar refractivity (Wildman–Crippen MR) is 134 cm³/mol. The topological polar surface area (TPSA) is 55.8 Å². The van der Waals surface area contributed by atoms with Gasteiger partial charge in [-0.3, -0.25) is 9.59 Å². The number of carbonyl (C=O) groups is 2. The molecule has 0 bridgehead atoms. The molecule has 1 atom stereocenters. The van der Waals surface area contributed by atoms with Gasteiger partial charge in [0.2, 0.25) is 0 Å². The Hall–Kier alpha value is -3.41. The van der Waals surface area contributed by atoms with Crippen molar-refractivity contribution in [1.29, 1.82) is 0 Å². The molecule has 1 aliphatic rings. The van der Waals surface area contributed by atoms with Crippen molar-refractivity contribution in [2.45, 2.75) is 13.0 Å². The number of halogens is 1.